The Balaban J connectivity index is 0.000000289. The highest BCUT2D eigenvalue weighted by atomic mass is 16.5. The molecule has 0 spiro atoms. The number of carbonyl (C=O) groups is 3. The lowest BCUT2D eigenvalue weighted by Crippen LogP contribution is -2.42. The van der Waals surface area contributed by atoms with Gasteiger partial charge in [-0.15, -0.1) is 0 Å². The maximum atomic E-state index is 11.5. The minimum absolute atomic E-state index is 0.245. The van der Waals surface area contributed by atoms with Gasteiger partial charge in [-0.1, -0.05) is 12.1 Å². The number of hydrogen-bond acceptors (Lipinski definition) is 9. The van der Waals surface area contributed by atoms with E-state index in [1.54, 1.807) is 7.11 Å². The average molecular weight is 615 g/mol. The molecule has 1 aromatic carbocycles. The molecule has 5 N–H and O–H groups in total. The number of carboxylic acids is 3. The fourth-order valence-electron chi connectivity index (χ4n) is 6.62. The molecule has 12 heteroatoms. The standard InChI is InChI=1S/C26H34N2O3.C6H8O7/c1-18-7-10-25(27-14-18)26(29)12-11-20-16-28(17-22(20)26)15-19-8-9-23(24(13-19)30-2)31-21-5-3-4-6-21;7-3(8)1-6(13,5(11)12)2-4(9)10/h7-10,13-14,20-22,29H,3-6,11-12,15-17H2,1-2H3;13H,1-2H2,(H,7,8)(H,9,10)(H,11,12)/t20-,22+,26-;/m0./s1. The second-order valence-corrected chi connectivity index (χ2v) is 12.2. The molecule has 0 amide bonds. The van der Waals surface area contributed by atoms with Crippen LogP contribution in [0.4, 0.5) is 0 Å². The normalized spacial score (nSPS) is 23.5. The van der Waals surface area contributed by atoms with Gasteiger partial charge in [-0.2, -0.15) is 0 Å². The Morgan fingerprint density at radius 3 is 2.25 bits per heavy atom. The van der Waals surface area contributed by atoms with Crippen LogP contribution in [0.3, 0.4) is 0 Å². The average Bonchev–Trinajstić information content (AvgIpc) is 3.68. The smallest absolute Gasteiger partial charge is 0.336 e. The first-order chi connectivity index (χ1) is 20.8. The van der Waals surface area contributed by atoms with Crippen LogP contribution in [-0.2, 0) is 26.5 Å². The van der Waals surface area contributed by atoms with Crippen molar-refractivity contribution < 1.29 is 49.4 Å². The number of ether oxygens (including phenoxy) is 2. The molecule has 0 unspecified atom stereocenters. The highest BCUT2D eigenvalue weighted by Crippen LogP contribution is 2.50. The van der Waals surface area contributed by atoms with Gasteiger partial charge >= 0.3 is 17.9 Å². The van der Waals surface area contributed by atoms with Crippen LogP contribution < -0.4 is 9.47 Å². The summed E-state index contributed by atoms with van der Waals surface area (Å²) in [6.45, 7) is 4.83. The van der Waals surface area contributed by atoms with Gasteiger partial charge in [-0.3, -0.25) is 19.5 Å². The molecule has 1 aromatic heterocycles. The molecule has 3 aliphatic rings. The molecular formula is C32H42N2O10. The molecule has 1 saturated heterocycles. The van der Waals surface area contributed by atoms with Crippen molar-refractivity contribution in [2.75, 3.05) is 20.2 Å². The third-order valence-electron chi connectivity index (χ3n) is 8.90. The van der Waals surface area contributed by atoms with Crippen LogP contribution in [0.5, 0.6) is 11.5 Å². The highest BCUT2D eigenvalue weighted by Gasteiger charge is 2.53. The van der Waals surface area contributed by atoms with Gasteiger partial charge in [0.2, 0.25) is 0 Å². The first-order valence-corrected chi connectivity index (χ1v) is 14.9. The molecule has 2 heterocycles. The van der Waals surface area contributed by atoms with Gasteiger partial charge in [0.15, 0.2) is 17.1 Å². The summed E-state index contributed by atoms with van der Waals surface area (Å²) in [5, 5.41) is 45.3. The van der Waals surface area contributed by atoms with Gasteiger partial charge in [0.25, 0.3) is 0 Å². The molecule has 2 aromatic rings. The number of aliphatic carboxylic acids is 3. The Labute approximate surface area is 256 Å². The van der Waals surface area contributed by atoms with Crippen molar-refractivity contribution in [1.29, 1.82) is 0 Å². The second-order valence-electron chi connectivity index (χ2n) is 12.2. The zero-order valence-electron chi connectivity index (χ0n) is 25.1. The monoisotopic (exact) mass is 614 g/mol. The first-order valence-electron chi connectivity index (χ1n) is 14.9. The fourth-order valence-corrected chi connectivity index (χ4v) is 6.62. The largest absolute Gasteiger partial charge is 0.493 e. The summed E-state index contributed by atoms with van der Waals surface area (Å²) in [6, 6.07) is 10.4. The number of likely N-dealkylation sites (tertiary alicyclic amines) is 1. The van der Waals surface area contributed by atoms with Crippen molar-refractivity contribution in [3.05, 3.63) is 53.3 Å². The second kappa shape index (κ2) is 13.9. The molecule has 240 valence electrons. The van der Waals surface area contributed by atoms with Gasteiger partial charge in [0.1, 0.15) is 5.60 Å². The number of benzene rings is 1. The quantitative estimate of drug-likeness (QED) is 0.249. The van der Waals surface area contributed by atoms with Crippen molar-refractivity contribution >= 4 is 17.9 Å². The number of aliphatic hydroxyl groups is 2. The SMILES string of the molecule is COc1cc(CN2C[C@@H]3CC[C@@](O)(c4ccc(C)cn4)[C@@H]3C2)ccc1OC1CCCC1.O=C(O)CC(O)(CC(=O)O)C(=O)O. The van der Waals surface area contributed by atoms with Crippen LogP contribution in [0, 0.1) is 18.8 Å². The third-order valence-corrected chi connectivity index (χ3v) is 8.90. The molecule has 2 aliphatic carbocycles. The predicted molar refractivity (Wildman–Crippen MR) is 157 cm³/mol. The number of methoxy groups -OCH3 is 1. The molecule has 0 bridgehead atoms. The van der Waals surface area contributed by atoms with E-state index in [9.17, 15) is 19.5 Å². The number of hydrogen-bond donors (Lipinski definition) is 5. The van der Waals surface area contributed by atoms with E-state index in [2.05, 4.69) is 34.1 Å². The van der Waals surface area contributed by atoms with E-state index >= 15 is 0 Å². The molecule has 12 nitrogen and oxygen atoms in total. The fraction of sp³-hybridized carbons (Fsp3) is 0.562. The van der Waals surface area contributed by atoms with Crippen molar-refractivity contribution in [3.8, 4) is 11.5 Å². The lowest BCUT2D eigenvalue weighted by Gasteiger charge is -2.30. The van der Waals surface area contributed by atoms with Crippen LogP contribution >= 0.6 is 0 Å². The lowest BCUT2D eigenvalue weighted by molar-refractivity contribution is -0.170. The maximum absolute atomic E-state index is 11.5. The maximum Gasteiger partial charge on any atom is 0.336 e. The number of nitrogens with zero attached hydrogens (tertiary/aromatic N) is 2. The summed E-state index contributed by atoms with van der Waals surface area (Å²) in [5.74, 6) is -2.57. The summed E-state index contributed by atoms with van der Waals surface area (Å²) in [7, 11) is 1.72. The summed E-state index contributed by atoms with van der Waals surface area (Å²) in [5.41, 5.74) is -0.346. The zero-order chi connectivity index (χ0) is 32.1. The van der Waals surface area contributed by atoms with Crippen LogP contribution in [-0.4, -0.2) is 85.2 Å². The molecule has 44 heavy (non-hydrogen) atoms. The van der Waals surface area contributed by atoms with Crippen molar-refractivity contribution in [3.63, 3.8) is 0 Å². The topological polar surface area (TPSA) is 187 Å². The number of pyridine rings is 1. The number of carboxylic acid groups (broad SMARTS) is 3. The number of aryl methyl sites for hydroxylation is 1. The molecule has 1 aliphatic heterocycles. The third kappa shape index (κ3) is 7.85. The Morgan fingerprint density at radius 1 is 1.00 bits per heavy atom. The minimum atomic E-state index is -2.74. The minimum Gasteiger partial charge on any atom is -0.493 e. The van der Waals surface area contributed by atoms with Gasteiger partial charge in [-0.25, -0.2) is 4.79 Å². The molecule has 3 fully saturated rings. The molecule has 3 atom stereocenters. The van der Waals surface area contributed by atoms with E-state index in [0.29, 0.717) is 12.0 Å². The van der Waals surface area contributed by atoms with Crippen molar-refractivity contribution in [2.24, 2.45) is 11.8 Å². The number of aromatic nitrogens is 1. The van der Waals surface area contributed by atoms with Crippen LogP contribution in [0.15, 0.2) is 36.5 Å². The van der Waals surface area contributed by atoms with E-state index in [-0.39, 0.29) is 5.92 Å². The summed E-state index contributed by atoms with van der Waals surface area (Å²) < 4.78 is 11.8. The lowest BCUT2D eigenvalue weighted by atomic mass is 9.85. The van der Waals surface area contributed by atoms with E-state index in [4.69, 9.17) is 29.9 Å². The highest BCUT2D eigenvalue weighted by molar-refractivity contribution is 5.88. The van der Waals surface area contributed by atoms with Crippen molar-refractivity contribution in [2.45, 2.75) is 82.1 Å². The molecule has 0 radical (unpaired) electrons. The van der Waals surface area contributed by atoms with Crippen LogP contribution in [0.1, 0.15) is 68.2 Å². The Morgan fingerprint density at radius 2 is 1.68 bits per heavy atom. The van der Waals surface area contributed by atoms with E-state index in [1.807, 2.05) is 19.2 Å². The zero-order valence-corrected chi connectivity index (χ0v) is 25.1. The first kappa shape index (κ1) is 33.2. The van der Waals surface area contributed by atoms with Gasteiger partial charge < -0.3 is 35.0 Å². The van der Waals surface area contributed by atoms with Crippen LogP contribution in [0.2, 0.25) is 0 Å². The Kier molecular flexibility index (Phi) is 10.5. The van der Waals surface area contributed by atoms with E-state index in [1.165, 1.54) is 18.4 Å². The molecule has 2 saturated carbocycles. The summed E-state index contributed by atoms with van der Waals surface area (Å²) >= 11 is 0. The van der Waals surface area contributed by atoms with E-state index in [0.717, 1.165) is 68.1 Å². The Hall–Kier alpha value is -3.74. The van der Waals surface area contributed by atoms with Crippen LogP contribution in [0.25, 0.3) is 0 Å². The van der Waals surface area contributed by atoms with Gasteiger partial charge in [0.05, 0.1) is 31.7 Å². The number of rotatable bonds is 11. The number of fused-ring (bicyclic) bond motifs is 1. The summed E-state index contributed by atoms with van der Waals surface area (Å²) in [6.07, 6.45) is 6.57. The van der Waals surface area contributed by atoms with Crippen molar-refractivity contribution in [1.82, 2.24) is 9.88 Å². The molecular weight excluding hydrogens is 572 g/mol. The van der Waals surface area contributed by atoms with E-state index < -0.39 is 42.0 Å². The molecule has 5 rings (SSSR count). The predicted octanol–water partition coefficient (Wildman–Crippen LogP) is 3.20. The van der Waals surface area contributed by atoms with Gasteiger partial charge in [-0.05, 0) is 80.7 Å². The Bertz CT molecular complexity index is 1310. The summed E-state index contributed by atoms with van der Waals surface area (Å²) in [4.78, 5) is 37.5. The van der Waals surface area contributed by atoms with Gasteiger partial charge in [0, 0.05) is 31.7 Å².